The summed E-state index contributed by atoms with van der Waals surface area (Å²) in [4.78, 5) is 9.13. The number of halogens is 1. The van der Waals surface area contributed by atoms with E-state index in [9.17, 15) is 0 Å². The van der Waals surface area contributed by atoms with Gasteiger partial charge in [0, 0.05) is 50.0 Å². The first-order valence-corrected chi connectivity index (χ1v) is 10.1. The molecule has 3 rings (SSSR count). The Kier molecular flexibility index (Phi) is 8.34. The molecule has 0 N–H and O–H groups in total. The molecule has 1 aromatic carbocycles. The molecule has 2 heterocycles. The molecule has 1 aromatic heterocycles. The van der Waals surface area contributed by atoms with E-state index in [1.807, 2.05) is 17.5 Å². The first kappa shape index (κ1) is 21.9. The summed E-state index contributed by atoms with van der Waals surface area (Å²) in [6, 6.07) is 8.32. The van der Waals surface area contributed by atoms with Crippen LogP contribution in [-0.2, 0) is 0 Å². The van der Waals surface area contributed by atoms with E-state index in [0.29, 0.717) is 5.13 Å². The topological polar surface area (TPSA) is 44.1 Å². The Morgan fingerprint density at radius 1 is 1.15 bits per heavy atom. The summed E-state index contributed by atoms with van der Waals surface area (Å²) in [7, 11) is 4.65. The van der Waals surface area contributed by atoms with Crippen molar-refractivity contribution in [1.29, 1.82) is 0 Å². The zero-order valence-corrected chi connectivity index (χ0v) is 18.8. The van der Waals surface area contributed by atoms with E-state index in [1.165, 1.54) is 43.2 Å². The fourth-order valence-corrected chi connectivity index (χ4v) is 3.55. The van der Waals surface area contributed by atoms with E-state index < -0.39 is 0 Å². The number of piperazine rings is 1. The third-order valence-corrected chi connectivity index (χ3v) is 5.65. The van der Waals surface area contributed by atoms with Crippen LogP contribution in [0.4, 0.5) is 16.5 Å². The molecule has 6 nitrogen and oxygen atoms in total. The van der Waals surface area contributed by atoms with Crippen molar-refractivity contribution in [3.8, 4) is 0 Å². The van der Waals surface area contributed by atoms with Gasteiger partial charge in [-0.15, -0.1) is 21.6 Å². The molecule has 0 aliphatic carbocycles. The average Bonchev–Trinajstić information content (AvgIpc) is 3.16. The van der Waals surface area contributed by atoms with Gasteiger partial charge < -0.3 is 26.4 Å². The predicted molar refractivity (Wildman–Crippen MR) is 109 cm³/mol. The molecule has 1 saturated heterocycles. The van der Waals surface area contributed by atoms with Crippen molar-refractivity contribution < 1.29 is 21.5 Å². The molecule has 0 bridgehead atoms. The molecule has 2 aromatic rings. The van der Waals surface area contributed by atoms with Gasteiger partial charge in [0.25, 0.3) is 0 Å². The Labute approximate surface area is 176 Å². The molecule has 1 aliphatic heterocycles. The van der Waals surface area contributed by atoms with E-state index in [-0.39, 0.29) is 17.0 Å². The minimum atomic E-state index is 0. The van der Waals surface area contributed by atoms with Gasteiger partial charge >= 0.3 is 0 Å². The maximum absolute atomic E-state index is 4.25. The van der Waals surface area contributed by atoms with Gasteiger partial charge in [0.05, 0.1) is 32.9 Å². The number of benzene rings is 1. The second-order valence-corrected chi connectivity index (χ2v) is 8.21. The lowest BCUT2D eigenvalue weighted by atomic mass is 10.2. The highest BCUT2D eigenvalue weighted by Crippen LogP contribution is 2.23. The number of nitrogens with zero attached hydrogens (tertiary/aromatic N) is 6. The number of hydrogen-bond donors (Lipinski definition) is 0. The van der Waals surface area contributed by atoms with E-state index in [1.54, 1.807) is 6.20 Å². The third kappa shape index (κ3) is 6.64. The summed E-state index contributed by atoms with van der Waals surface area (Å²) in [6.07, 6.45) is 1.74. The second-order valence-electron chi connectivity index (χ2n) is 7.34. The summed E-state index contributed by atoms with van der Waals surface area (Å²) in [5.74, 6) is 0. The van der Waals surface area contributed by atoms with Crippen LogP contribution < -0.4 is 21.9 Å². The molecule has 0 amide bonds. The van der Waals surface area contributed by atoms with Crippen molar-refractivity contribution in [3.05, 3.63) is 35.8 Å². The SMILES string of the molecule is CCN(CCN1CC[N+](C)(C)CC1)c1ccc(/N=N/c2nccs2)cc1.[Br-]. The monoisotopic (exact) mass is 452 g/mol. The molecule has 0 unspecified atom stereocenters. The van der Waals surface area contributed by atoms with Crippen molar-refractivity contribution in [2.24, 2.45) is 10.2 Å². The van der Waals surface area contributed by atoms with E-state index in [0.717, 1.165) is 29.8 Å². The molecular formula is C19H29BrN6S. The zero-order chi connectivity index (χ0) is 18.4. The van der Waals surface area contributed by atoms with Crippen LogP contribution in [0.3, 0.4) is 0 Å². The number of azo groups is 1. The second kappa shape index (κ2) is 10.3. The maximum atomic E-state index is 4.25. The van der Waals surface area contributed by atoms with Crippen LogP contribution in [-0.4, -0.2) is 74.3 Å². The Balaban J connectivity index is 0.00000261. The highest BCUT2D eigenvalue weighted by molar-refractivity contribution is 7.13. The van der Waals surface area contributed by atoms with Gasteiger partial charge in [-0.2, -0.15) is 0 Å². The van der Waals surface area contributed by atoms with Gasteiger partial charge in [-0.1, -0.05) is 0 Å². The van der Waals surface area contributed by atoms with Gasteiger partial charge in [-0.05, 0) is 31.2 Å². The van der Waals surface area contributed by atoms with Crippen LogP contribution in [0.25, 0.3) is 0 Å². The number of likely N-dealkylation sites (N-methyl/N-ethyl adjacent to an activating group) is 2. The number of aromatic nitrogens is 1. The third-order valence-electron chi connectivity index (χ3n) is 5.00. The molecule has 1 fully saturated rings. The van der Waals surface area contributed by atoms with E-state index in [4.69, 9.17) is 0 Å². The Morgan fingerprint density at radius 2 is 1.85 bits per heavy atom. The molecular weight excluding hydrogens is 424 g/mol. The first-order chi connectivity index (χ1) is 12.6. The quantitative estimate of drug-likeness (QED) is 0.460. The van der Waals surface area contributed by atoms with Crippen LogP contribution in [0.15, 0.2) is 46.1 Å². The summed E-state index contributed by atoms with van der Waals surface area (Å²) in [6.45, 7) is 10.3. The molecule has 0 spiro atoms. The Bertz CT molecular complexity index is 691. The van der Waals surface area contributed by atoms with Crippen LogP contribution in [0.2, 0.25) is 0 Å². The highest BCUT2D eigenvalue weighted by atomic mass is 79.9. The summed E-state index contributed by atoms with van der Waals surface area (Å²) in [5.41, 5.74) is 2.10. The van der Waals surface area contributed by atoms with Crippen molar-refractivity contribution >= 4 is 27.8 Å². The van der Waals surface area contributed by atoms with Crippen molar-refractivity contribution in [2.45, 2.75) is 6.92 Å². The van der Waals surface area contributed by atoms with Gasteiger partial charge in [0.2, 0.25) is 5.13 Å². The van der Waals surface area contributed by atoms with Gasteiger partial charge in [-0.25, -0.2) is 4.98 Å². The van der Waals surface area contributed by atoms with Crippen molar-refractivity contribution in [3.63, 3.8) is 0 Å². The smallest absolute Gasteiger partial charge is 0.229 e. The number of rotatable bonds is 7. The molecule has 0 radical (unpaired) electrons. The van der Waals surface area contributed by atoms with Crippen LogP contribution in [0.1, 0.15) is 6.92 Å². The number of quaternary nitrogens is 1. The predicted octanol–water partition coefficient (Wildman–Crippen LogP) is 0.781. The molecule has 27 heavy (non-hydrogen) atoms. The largest absolute Gasteiger partial charge is 1.00 e. The van der Waals surface area contributed by atoms with E-state index in [2.05, 4.69) is 58.2 Å². The first-order valence-electron chi connectivity index (χ1n) is 9.26. The standard InChI is InChI=1S/C19H29N6S.BrH/c1-4-24(11-10-23-12-14-25(2,3)15-13-23)18-7-5-17(6-8-18)21-22-19-20-9-16-26-19;/h5-9,16H,4,10-15H2,1-3H3;1H/q+1;/p-1/b22-21+;. The lowest BCUT2D eigenvalue weighted by molar-refractivity contribution is -0.894. The van der Waals surface area contributed by atoms with Crippen molar-refractivity contribution in [1.82, 2.24) is 9.88 Å². The number of hydrogen-bond acceptors (Lipinski definition) is 6. The zero-order valence-electron chi connectivity index (χ0n) is 16.4. The minimum Gasteiger partial charge on any atom is -1.00 e. The van der Waals surface area contributed by atoms with Crippen LogP contribution in [0, 0.1) is 0 Å². The summed E-state index contributed by atoms with van der Waals surface area (Å²) >= 11 is 1.49. The summed E-state index contributed by atoms with van der Waals surface area (Å²) < 4.78 is 1.14. The lowest BCUT2D eigenvalue weighted by Crippen LogP contribution is -3.00. The minimum absolute atomic E-state index is 0. The molecule has 1 aliphatic rings. The molecule has 0 saturated carbocycles. The van der Waals surface area contributed by atoms with E-state index >= 15 is 0 Å². The van der Waals surface area contributed by atoms with Crippen LogP contribution >= 0.6 is 11.3 Å². The van der Waals surface area contributed by atoms with Gasteiger partial charge in [0.15, 0.2) is 0 Å². The van der Waals surface area contributed by atoms with Crippen molar-refractivity contribution in [2.75, 3.05) is 64.8 Å². The fourth-order valence-electron chi connectivity index (χ4n) is 3.10. The lowest BCUT2D eigenvalue weighted by Gasteiger charge is -2.39. The maximum Gasteiger partial charge on any atom is 0.229 e. The Hall–Kier alpha value is -1.35. The Morgan fingerprint density at radius 3 is 2.44 bits per heavy atom. The molecule has 148 valence electrons. The van der Waals surface area contributed by atoms with Gasteiger partial charge in [-0.3, -0.25) is 4.90 Å². The number of anilines is 1. The molecule has 0 atom stereocenters. The number of thiazole rings is 1. The highest BCUT2D eigenvalue weighted by Gasteiger charge is 2.24. The molecule has 8 heteroatoms. The summed E-state index contributed by atoms with van der Waals surface area (Å²) in [5, 5.41) is 11.0. The normalized spacial score (nSPS) is 17.0. The van der Waals surface area contributed by atoms with Gasteiger partial charge in [0.1, 0.15) is 0 Å². The average molecular weight is 453 g/mol. The van der Waals surface area contributed by atoms with Crippen LogP contribution in [0.5, 0.6) is 0 Å². The fraction of sp³-hybridized carbons (Fsp3) is 0.526.